The molecule has 1 saturated heterocycles. The third-order valence-corrected chi connectivity index (χ3v) is 4.67. The maximum absolute atomic E-state index is 11.7. The number of carbonyl (C=O) groups is 1. The van der Waals surface area contributed by atoms with Crippen molar-refractivity contribution in [3.8, 4) is 0 Å². The van der Waals surface area contributed by atoms with Crippen molar-refractivity contribution in [2.24, 2.45) is 0 Å². The second kappa shape index (κ2) is 9.13. The molecule has 3 rings (SSSR count). The molecule has 7 heteroatoms. The van der Waals surface area contributed by atoms with Crippen LogP contribution in [0.3, 0.4) is 0 Å². The van der Waals surface area contributed by atoms with Crippen molar-refractivity contribution in [2.75, 3.05) is 26.4 Å². The summed E-state index contributed by atoms with van der Waals surface area (Å²) in [7, 11) is 0. The summed E-state index contributed by atoms with van der Waals surface area (Å²) >= 11 is 0. The van der Waals surface area contributed by atoms with Gasteiger partial charge in [-0.3, -0.25) is 4.79 Å². The molecule has 7 nitrogen and oxygen atoms in total. The van der Waals surface area contributed by atoms with Crippen molar-refractivity contribution < 1.29 is 18.8 Å². The van der Waals surface area contributed by atoms with Gasteiger partial charge in [0.15, 0.2) is 5.82 Å². The third kappa shape index (κ3) is 5.27. The van der Waals surface area contributed by atoms with E-state index in [1.165, 1.54) is 19.3 Å². The summed E-state index contributed by atoms with van der Waals surface area (Å²) in [5.41, 5.74) is 0. The smallest absolute Gasteiger partial charge is 0.246 e. The first-order valence-electron chi connectivity index (χ1n) is 9.10. The van der Waals surface area contributed by atoms with Gasteiger partial charge in [0, 0.05) is 25.5 Å². The monoisotopic (exact) mass is 337 g/mol. The lowest BCUT2D eigenvalue weighted by atomic mass is 10.1. The number of nitrogens with one attached hydrogen (secondary N) is 1. The first kappa shape index (κ1) is 17.4. The van der Waals surface area contributed by atoms with Crippen LogP contribution < -0.4 is 5.32 Å². The van der Waals surface area contributed by atoms with Crippen LogP contribution >= 0.6 is 0 Å². The Morgan fingerprint density at radius 1 is 1.21 bits per heavy atom. The van der Waals surface area contributed by atoms with Crippen molar-refractivity contribution in [1.82, 2.24) is 15.5 Å². The summed E-state index contributed by atoms with van der Waals surface area (Å²) in [6.07, 6.45) is 8.79. The maximum Gasteiger partial charge on any atom is 0.246 e. The van der Waals surface area contributed by atoms with Crippen LogP contribution in [0.15, 0.2) is 4.52 Å². The van der Waals surface area contributed by atoms with E-state index in [4.69, 9.17) is 14.0 Å². The van der Waals surface area contributed by atoms with Crippen LogP contribution in [-0.2, 0) is 20.7 Å². The zero-order valence-corrected chi connectivity index (χ0v) is 14.2. The fourth-order valence-corrected chi connectivity index (χ4v) is 3.29. The number of ether oxygens (including phenoxy) is 2. The van der Waals surface area contributed by atoms with Crippen LogP contribution in [0.5, 0.6) is 0 Å². The molecular weight excluding hydrogens is 310 g/mol. The van der Waals surface area contributed by atoms with E-state index in [0.717, 1.165) is 38.2 Å². The van der Waals surface area contributed by atoms with Crippen LogP contribution in [0.1, 0.15) is 62.6 Å². The molecular formula is C17H27N3O4. The molecule has 1 amide bonds. The van der Waals surface area contributed by atoms with Crippen LogP contribution in [0.4, 0.5) is 0 Å². The number of aromatic nitrogens is 2. The van der Waals surface area contributed by atoms with E-state index >= 15 is 0 Å². The highest BCUT2D eigenvalue weighted by molar-refractivity contribution is 5.77. The van der Waals surface area contributed by atoms with Crippen molar-refractivity contribution in [3.63, 3.8) is 0 Å². The van der Waals surface area contributed by atoms with Gasteiger partial charge in [-0.05, 0) is 32.1 Å². The van der Waals surface area contributed by atoms with Crippen LogP contribution in [0.25, 0.3) is 0 Å². The number of nitrogens with zero attached hydrogens (tertiary/aromatic N) is 2. The van der Waals surface area contributed by atoms with Gasteiger partial charge in [0.1, 0.15) is 6.61 Å². The van der Waals surface area contributed by atoms with Gasteiger partial charge in [-0.2, -0.15) is 4.98 Å². The molecule has 2 aliphatic rings. The lowest BCUT2D eigenvalue weighted by molar-refractivity contribution is -0.127. The van der Waals surface area contributed by atoms with E-state index < -0.39 is 0 Å². The second-order valence-corrected chi connectivity index (χ2v) is 6.63. The molecule has 0 aromatic carbocycles. The molecule has 0 bridgehead atoms. The predicted octanol–water partition coefficient (Wildman–Crippen LogP) is 1.97. The van der Waals surface area contributed by atoms with E-state index in [-0.39, 0.29) is 18.6 Å². The Kier molecular flexibility index (Phi) is 6.60. The largest absolute Gasteiger partial charge is 0.376 e. The SMILES string of the molecule is O=C(COC[C@@H]1CCCCO1)NCCc1noc(C2CCCC2)n1. The fourth-order valence-electron chi connectivity index (χ4n) is 3.29. The minimum Gasteiger partial charge on any atom is -0.376 e. The van der Waals surface area contributed by atoms with Gasteiger partial charge >= 0.3 is 0 Å². The van der Waals surface area contributed by atoms with Crippen molar-refractivity contribution >= 4 is 5.91 Å². The summed E-state index contributed by atoms with van der Waals surface area (Å²) < 4.78 is 16.3. The van der Waals surface area contributed by atoms with E-state index in [2.05, 4.69) is 15.5 Å². The summed E-state index contributed by atoms with van der Waals surface area (Å²) in [6, 6.07) is 0. The van der Waals surface area contributed by atoms with Gasteiger partial charge in [-0.25, -0.2) is 0 Å². The molecule has 2 heterocycles. The standard InChI is InChI=1S/C17H27N3O4/c21-16(12-22-11-14-7-3-4-10-23-14)18-9-8-15-19-17(24-20-15)13-5-1-2-6-13/h13-14H,1-12H2,(H,18,21)/t14-/m0/s1. The Morgan fingerprint density at radius 2 is 2.04 bits per heavy atom. The highest BCUT2D eigenvalue weighted by Gasteiger charge is 2.22. The Balaban J connectivity index is 1.27. The lowest BCUT2D eigenvalue weighted by Gasteiger charge is -2.22. The minimum atomic E-state index is -0.120. The van der Waals surface area contributed by atoms with Crippen molar-refractivity contribution in [1.29, 1.82) is 0 Å². The molecule has 0 unspecified atom stereocenters. The lowest BCUT2D eigenvalue weighted by Crippen LogP contribution is -2.32. The molecule has 1 aromatic heterocycles. The molecule has 1 saturated carbocycles. The van der Waals surface area contributed by atoms with Gasteiger partial charge < -0.3 is 19.3 Å². The van der Waals surface area contributed by atoms with Gasteiger partial charge in [0.25, 0.3) is 0 Å². The Labute approximate surface area is 142 Å². The highest BCUT2D eigenvalue weighted by atomic mass is 16.5. The zero-order valence-electron chi connectivity index (χ0n) is 14.2. The Bertz CT molecular complexity index is 508. The molecule has 1 atom stereocenters. The number of hydrogen-bond acceptors (Lipinski definition) is 6. The van der Waals surface area contributed by atoms with E-state index in [1.54, 1.807) is 0 Å². The number of amides is 1. The molecule has 1 aliphatic carbocycles. The van der Waals surface area contributed by atoms with Gasteiger partial charge in [0.2, 0.25) is 11.8 Å². The molecule has 1 aliphatic heterocycles. The first-order valence-corrected chi connectivity index (χ1v) is 9.10. The Morgan fingerprint density at radius 3 is 2.83 bits per heavy atom. The summed E-state index contributed by atoms with van der Waals surface area (Å²) in [5.74, 6) is 1.72. The van der Waals surface area contributed by atoms with Gasteiger partial charge in [-0.1, -0.05) is 18.0 Å². The van der Waals surface area contributed by atoms with Crippen LogP contribution in [0, 0.1) is 0 Å². The molecule has 1 N–H and O–H groups in total. The zero-order chi connectivity index (χ0) is 16.6. The fraction of sp³-hybridized carbons (Fsp3) is 0.824. The van der Waals surface area contributed by atoms with Crippen LogP contribution in [-0.4, -0.2) is 48.5 Å². The molecule has 0 spiro atoms. The minimum absolute atomic E-state index is 0.0689. The molecule has 2 fully saturated rings. The quantitative estimate of drug-likeness (QED) is 0.780. The number of carbonyl (C=O) groups excluding carboxylic acids is 1. The molecule has 134 valence electrons. The average molecular weight is 337 g/mol. The normalized spacial score (nSPS) is 21.9. The van der Waals surface area contributed by atoms with Crippen LogP contribution in [0.2, 0.25) is 0 Å². The second-order valence-electron chi connectivity index (χ2n) is 6.63. The first-order chi connectivity index (χ1) is 11.8. The predicted molar refractivity (Wildman–Crippen MR) is 86.6 cm³/mol. The van der Waals surface area contributed by atoms with Crippen molar-refractivity contribution in [3.05, 3.63) is 11.7 Å². The van der Waals surface area contributed by atoms with E-state index in [9.17, 15) is 4.79 Å². The van der Waals surface area contributed by atoms with E-state index in [0.29, 0.717) is 31.3 Å². The molecule has 1 aromatic rings. The summed E-state index contributed by atoms with van der Waals surface area (Å²) in [6.45, 7) is 1.85. The van der Waals surface area contributed by atoms with E-state index in [1.807, 2.05) is 0 Å². The number of rotatable bonds is 8. The topological polar surface area (TPSA) is 86.5 Å². The molecule has 24 heavy (non-hydrogen) atoms. The van der Waals surface area contributed by atoms with Crippen molar-refractivity contribution in [2.45, 2.75) is 63.4 Å². The number of hydrogen-bond donors (Lipinski definition) is 1. The van der Waals surface area contributed by atoms with Gasteiger partial charge in [-0.15, -0.1) is 0 Å². The summed E-state index contributed by atoms with van der Waals surface area (Å²) in [4.78, 5) is 16.2. The summed E-state index contributed by atoms with van der Waals surface area (Å²) in [5, 5.41) is 6.82. The maximum atomic E-state index is 11.7. The molecule has 0 radical (unpaired) electrons. The van der Waals surface area contributed by atoms with Gasteiger partial charge in [0.05, 0.1) is 12.7 Å². The average Bonchev–Trinajstić information content (AvgIpc) is 3.27. The third-order valence-electron chi connectivity index (χ3n) is 4.67. The highest BCUT2D eigenvalue weighted by Crippen LogP contribution is 2.32. The Hall–Kier alpha value is -1.47.